The van der Waals surface area contributed by atoms with Gasteiger partial charge in [0.25, 0.3) is 5.91 Å². The van der Waals surface area contributed by atoms with Crippen LogP contribution in [0.5, 0.6) is 5.75 Å². The van der Waals surface area contributed by atoms with E-state index in [4.69, 9.17) is 4.74 Å². The minimum absolute atomic E-state index is 0.0254. The minimum atomic E-state index is -0.311. The van der Waals surface area contributed by atoms with E-state index < -0.39 is 0 Å². The summed E-state index contributed by atoms with van der Waals surface area (Å²) >= 11 is 0. The maximum Gasteiger partial charge on any atom is 0.251 e. The molecule has 0 aromatic heterocycles. The summed E-state index contributed by atoms with van der Waals surface area (Å²) < 4.78 is 6.16. The van der Waals surface area contributed by atoms with Gasteiger partial charge in [-0.2, -0.15) is 0 Å². The normalized spacial score (nSPS) is 21.5. The van der Waals surface area contributed by atoms with E-state index in [0.717, 1.165) is 35.8 Å². The van der Waals surface area contributed by atoms with Crippen LogP contribution in [0.2, 0.25) is 0 Å². The summed E-state index contributed by atoms with van der Waals surface area (Å²) in [5.41, 5.74) is 3.90. The van der Waals surface area contributed by atoms with Crippen molar-refractivity contribution in [2.45, 2.75) is 65.1 Å². The van der Waals surface area contributed by atoms with Crippen LogP contribution in [0.15, 0.2) is 42.5 Å². The van der Waals surface area contributed by atoms with Crippen LogP contribution >= 0.6 is 0 Å². The van der Waals surface area contributed by atoms with Crippen molar-refractivity contribution in [1.29, 1.82) is 0 Å². The van der Waals surface area contributed by atoms with Gasteiger partial charge in [0.1, 0.15) is 11.4 Å². The Morgan fingerprint density at radius 2 is 1.83 bits per heavy atom. The molecule has 4 nitrogen and oxygen atoms in total. The smallest absolute Gasteiger partial charge is 0.251 e. The van der Waals surface area contributed by atoms with Gasteiger partial charge in [-0.05, 0) is 81.9 Å². The van der Waals surface area contributed by atoms with E-state index in [1.54, 1.807) is 0 Å². The summed E-state index contributed by atoms with van der Waals surface area (Å²) in [5.74, 6) is 1.70. The van der Waals surface area contributed by atoms with Crippen LogP contribution < -0.4 is 10.1 Å². The Balaban J connectivity index is 1.43. The number of hydrogen-bond acceptors (Lipinski definition) is 3. The maximum atomic E-state index is 13.0. The second-order valence-electron chi connectivity index (χ2n) is 9.79. The first-order valence-corrected chi connectivity index (χ1v) is 11.2. The Hall–Kier alpha value is -2.33. The number of carbonyl (C=O) groups is 1. The molecule has 1 fully saturated rings. The van der Waals surface area contributed by atoms with Crippen LogP contribution in [0, 0.1) is 12.8 Å². The van der Waals surface area contributed by atoms with E-state index in [1.807, 2.05) is 12.1 Å². The molecule has 2 aliphatic rings. The number of benzene rings is 2. The molecule has 30 heavy (non-hydrogen) atoms. The van der Waals surface area contributed by atoms with Crippen molar-refractivity contribution in [3.05, 3.63) is 64.7 Å². The van der Waals surface area contributed by atoms with E-state index in [-0.39, 0.29) is 17.6 Å². The number of aryl methyl sites for hydroxylation is 1. The number of piperidine rings is 1. The average molecular weight is 407 g/mol. The number of carbonyl (C=O) groups excluding carboxylic acids is 1. The molecule has 0 aliphatic carbocycles. The first-order chi connectivity index (χ1) is 14.3. The van der Waals surface area contributed by atoms with E-state index in [2.05, 4.69) is 68.2 Å². The number of nitrogens with one attached hydrogen (secondary N) is 1. The van der Waals surface area contributed by atoms with Crippen LogP contribution in [0.1, 0.15) is 73.1 Å². The monoisotopic (exact) mass is 406 g/mol. The first kappa shape index (κ1) is 20.9. The van der Waals surface area contributed by atoms with Gasteiger partial charge in [0.15, 0.2) is 0 Å². The topological polar surface area (TPSA) is 41.6 Å². The van der Waals surface area contributed by atoms with E-state index in [0.29, 0.717) is 5.56 Å². The highest BCUT2D eigenvalue weighted by molar-refractivity contribution is 5.94. The molecular weight excluding hydrogens is 372 g/mol. The minimum Gasteiger partial charge on any atom is -0.487 e. The Morgan fingerprint density at radius 1 is 1.13 bits per heavy atom. The van der Waals surface area contributed by atoms with Crippen LogP contribution in [0.4, 0.5) is 0 Å². The fourth-order valence-electron chi connectivity index (χ4n) is 4.57. The van der Waals surface area contributed by atoms with Crippen molar-refractivity contribution in [2.24, 2.45) is 5.92 Å². The summed E-state index contributed by atoms with van der Waals surface area (Å²) in [6.45, 7) is 11.9. The molecule has 0 saturated carbocycles. The SMILES string of the molecule is Cc1ccc2c(c1)OC(C)(C)CC2NC(=O)c1ccc(CN2CCC(C)CC2)cc1. The highest BCUT2D eigenvalue weighted by Crippen LogP contribution is 2.40. The summed E-state index contributed by atoms with van der Waals surface area (Å²) in [5, 5.41) is 3.24. The molecule has 1 atom stereocenters. The van der Waals surface area contributed by atoms with Gasteiger partial charge in [-0.25, -0.2) is 0 Å². The fourth-order valence-corrected chi connectivity index (χ4v) is 4.57. The van der Waals surface area contributed by atoms with Crippen LogP contribution in [0.3, 0.4) is 0 Å². The number of hydrogen-bond donors (Lipinski definition) is 1. The van der Waals surface area contributed by atoms with Crippen LogP contribution in [-0.2, 0) is 6.54 Å². The molecule has 160 valence electrons. The van der Waals surface area contributed by atoms with E-state index in [1.165, 1.54) is 31.5 Å². The molecule has 1 N–H and O–H groups in total. The summed E-state index contributed by atoms with van der Waals surface area (Å²) in [6.07, 6.45) is 3.31. The van der Waals surface area contributed by atoms with Gasteiger partial charge in [-0.1, -0.05) is 31.2 Å². The number of ether oxygens (including phenoxy) is 1. The molecule has 1 unspecified atom stereocenters. The van der Waals surface area contributed by atoms with Crippen LogP contribution in [-0.4, -0.2) is 29.5 Å². The first-order valence-electron chi connectivity index (χ1n) is 11.2. The van der Waals surface area contributed by atoms with Gasteiger partial charge in [0.2, 0.25) is 0 Å². The number of likely N-dealkylation sites (tertiary alicyclic amines) is 1. The Morgan fingerprint density at radius 3 is 2.53 bits per heavy atom. The maximum absolute atomic E-state index is 13.0. The van der Waals surface area contributed by atoms with Gasteiger partial charge in [-0.15, -0.1) is 0 Å². The Labute approximate surface area is 180 Å². The highest BCUT2D eigenvalue weighted by Gasteiger charge is 2.34. The molecule has 2 aliphatic heterocycles. The standard InChI is InChI=1S/C26H34N2O2/c1-18-11-13-28(14-12-18)17-20-6-8-21(9-7-20)25(29)27-23-16-26(3,4)30-24-15-19(2)5-10-22(23)24/h5-10,15,18,23H,11-14,16-17H2,1-4H3,(H,27,29). The third kappa shape index (κ3) is 4.86. The molecule has 0 spiro atoms. The number of fused-ring (bicyclic) bond motifs is 1. The van der Waals surface area contributed by atoms with Crippen LogP contribution in [0.25, 0.3) is 0 Å². The Bertz CT molecular complexity index is 896. The second-order valence-corrected chi connectivity index (χ2v) is 9.79. The average Bonchev–Trinajstić information content (AvgIpc) is 2.69. The van der Waals surface area contributed by atoms with Crippen molar-refractivity contribution in [3.63, 3.8) is 0 Å². The predicted molar refractivity (Wildman–Crippen MR) is 121 cm³/mol. The zero-order chi connectivity index (χ0) is 21.3. The summed E-state index contributed by atoms with van der Waals surface area (Å²) in [6, 6.07) is 14.3. The predicted octanol–water partition coefficient (Wildman–Crippen LogP) is 5.26. The second kappa shape index (κ2) is 8.43. The lowest BCUT2D eigenvalue weighted by Crippen LogP contribution is -2.41. The summed E-state index contributed by atoms with van der Waals surface area (Å²) in [7, 11) is 0. The van der Waals surface area contributed by atoms with Gasteiger partial charge < -0.3 is 10.1 Å². The zero-order valence-electron chi connectivity index (χ0n) is 18.7. The molecule has 1 saturated heterocycles. The molecule has 4 rings (SSSR count). The molecule has 2 aromatic carbocycles. The van der Waals surface area contributed by atoms with Gasteiger partial charge in [-0.3, -0.25) is 9.69 Å². The third-order valence-electron chi connectivity index (χ3n) is 6.43. The van der Waals surface area contributed by atoms with Crippen molar-refractivity contribution in [3.8, 4) is 5.75 Å². The number of nitrogens with zero attached hydrogens (tertiary/aromatic N) is 1. The lowest BCUT2D eigenvalue weighted by atomic mass is 9.89. The molecule has 1 amide bonds. The molecule has 2 aromatic rings. The molecular formula is C26H34N2O2. The van der Waals surface area contributed by atoms with Crippen molar-refractivity contribution >= 4 is 5.91 Å². The highest BCUT2D eigenvalue weighted by atomic mass is 16.5. The molecule has 2 heterocycles. The van der Waals surface area contributed by atoms with Gasteiger partial charge >= 0.3 is 0 Å². The zero-order valence-corrected chi connectivity index (χ0v) is 18.7. The van der Waals surface area contributed by atoms with Crippen molar-refractivity contribution in [2.75, 3.05) is 13.1 Å². The van der Waals surface area contributed by atoms with Crippen molar-refractivity contribution in [1.82, 2.24) is 10.2 Å². The van der Waals surface area contributed by atoms with Gasteiger partial charge in [0, 0.05) is 24.1 Å². The van der Waals surface area contributed by atoms with E-state index >= 15 is 0 Å². The lowest BCUT2D eigenvalue weighted by molar-refractivity contribution is 0.0619. The quantitative estimate of drug-likeness (QED) is 0.753. The number of amides is 1. The summed E-state index contributed by atoms with van der Waals surface area (Å²) in [4.78, 5) is 15.5. The third-order valence-corrected chi connectivity index (χ3v) is 6.43. The van der Waals surface area contributed by atoms with E-state index in [9.17, 15) is 4.79 Å². The number of rotatable bonds is 4. The van der Waals surface area contributed by atoms with Crippen molar-refractivity contribution < 1.29 is 9.53 Å². The Kier molecular flexibility index (Phi) is 5.88. The molecule has 0 bridgehead atoms. The fraction of sp³-hybridized carbons (Fsp3) is 0.500. The molecule has 4 heteroatoms. The lowest BCUT2D eigenvalue weighted by Gasteiger charge is -2.38. The van der Waals surface area contributed by atoms with Gasteiger partial charge in [0.05, 0.1) is 6.04 Å². The largest absolute Gasteiger partial charge is 0.487 e. The molecule has 0 radical (unpaired) electrons.